The predicted octanol–water partition coefficient (Wildman–Crippen LogP) is 2.48. The molecule has 36 heavy (non-hydrogen) atoms. The lowest BCUT2D eigenvalue weighted by Gasteiger charge is -2.35. The number of carbonyl (C=O) groups is 1. The van der Waals surface area contributed by atoms with Crippen LogP contribution in [0.4, 0.5) is 15.9 Å². The Hall–Kier alpha value is -3.96. The summed E-state index contributed by atoms with van der Waals surface area (Å²) in [6, 6.07) is 12.1. The number of aromatic nitrogens is 4. The fraction of sp³-hybridized carbons (Fsp3) is 0.320. The summed E-state index contributed by atoms with van der Waals surface area (Å²) >= 11 is 0. The van der Waals surface area contributed by atoms with Crippen molar-refractivity contribution in [3.8, 4) is 17.3 Å². The predicted molar refractivity (Wildman–Crippen MR) is 135 cm³/mol. The Kier molecular flexibility index (Phi) is 6.57. The Bertz CT molecular complexity index is 1370. The third-order valence-electron chi connectivity index (χ3n) is 6.40. The van der Waals surface area contributed by atoms with Crippen molar-refractivity contribution < 1.29 is 19.0 Å². The number of imidazole rings is 1. The van der Waals surface area contributed by atoms with Crippen LogP contribution in [0.25, 0.3) is 22.6 Å². The average molecular weight is 494 g/mol. The molecule has 3 heterocycles. The molecule has 1 fully saturated rings. The number of aryl methyl sites for hydroxylation is 1. The number of anilines is 2. The zero-order chi connectivity index (χ0) is 25.2. The second kappa shape index (κ2) is 9.96. The minimum Gasteiger partial charge on any atom is -0.497 e. The largest absolute Gasteiger partial charge is 0.497 e. The molecule has 4 aromatic rings. The molecular weight excluding hydrogens is 465 g/mol. The van der Waals surface area contributed by atoms with Crippen LogP contribution < -0.4 is 15.0 Å². The monoisotopic (exact) mass is 493 g/mol. The number of benzene rings is 2. The number of halogens is 1. The van der Waals surface area contributed by atoms with Gasteiger partial charge in [0.05, 0.1) is 19.2 Å². The van der Waals surface area contributed by atoms with E-state index in [1.165, 1.54) is 13.2 Å². The van der Waals surface area contributed by atoms with Crippen molar-refractivity contribution in [1.82, 2.24) is 24.6 Å². The number of methoxy groups -OCH3 is 1. The van der Waals surface area contributed by atoms with Gasteiger partial charge in [-0.15, -0.1) is 0 Å². The van der Waals surface area contributed by atoms with Crippen LogP contribution in [-0.2, 0) is 7.05 Å². The highest BCUT2D eigenvalue weighted by molar-refractivity contribution is 6.04. The molecule has 11 heteroatoms. The number of rotatable bonds is 7. The van der Waals surface area contributed by atoms with Gasteiger partial charge in [0.2, 0.25) is 0 Å². The summed E-state index contributed by atoms with van der Waals surface area (Å²) in [6.07, 6.45) is 0. The first kappa shape index (κ1) is 23.8. The second-order valence-electron chi connectivity index (χ2n) is 8.68. The smallest absolute Gasteiger partial charge is 0.256 e. The second-order valence-corrected chi connectivity index (χ2v) is 8.68. The molecule has 2 aromatic heterocycles. The van der Waals surface area contributed by atoms with E-state index < -0.39 is 5.82 Å². The van der Waals surface area contributed by atoms with Gasteiger partial charge in [-0.3, -0.25) is 14.4 Å². The van der Waals surface area contributed by atoms with Gasteiger partial charge in [-0.1, -0.05) is 0 Å². The van der Waals surface area contributed by atoms with E-state index in [9.17, 15) is 9.18 Å². The number of hydrogen-bond donors (Lipinski definition) is 3. The number of aliphatic hydroxyl groups is 1. The maximum absolute atomic E-state index is 14.4. The summed E-state index contributed by atoms with van der Waals surface area (Å²) < 4.78 is 21.1. The molecule has 5 rings (SSSR count). The van der Waals surface area contributed by atoms with Crippen LogP contribution >= 0.6 is 0 Å². The number of H-pyrrole nitrogens is 1. The Balaban J connectivity index is 1.27. The Labute approximate surface area is 207 Å². The maximum atomic E-state index is 14.4. The molecule has 1 amide bonds. The highest BCUT2D eigenvalue weighted by atomic mass is 19.1. The Morgan fingerprint density at radius 1 is 1.17 bits per heavy atom. The number of fused-ring (bicyclic) bond motifs is 1. The molecule has 1 aliphatic heterocycles. The number of piperazine rings is 1. The van der Waals surface area contributed by atoms with Gasteiger partial charge >= 0.3 is 0 Å². The van der Waals surface area contributed by atoms with Crippen LogP contribution in [0.2, 0.25) is 0 Å². The van der Waals surface area contributed by atoms with E-state index in [-0.39, 0.29) is 18.0 Å². The third kappa shape index (κ3) is 4.75. The average Bonchev–Trinajstić information content (AvgIpc) is 3.48. The van der Waals surface area contributed by atoms with Gasteiger partial charge in [0, 0.05) is 69.2 Å². The summed E-state index contributed by atoms with van der Waals surface area (Å²) in [6.45, 7) is 4.42. The highest BCUT2D eigenvalue weighted by Gasteiger charge is 2.19. The van der Waals surface area contributed by atoms with E-state index in [0.29, 0.717) is 40.7 Å². The molecule has 0 unspecified atom stereocenters. The van der Waals surface area contributed by atoms with Crippen molar-refractivity contribution in [2.45, 2.75) is 0 Å². The molecular formula is C25H28FN7O3. The topological polar surface area (TPSA) is 112 Å². The summed E-state index contributed by atoms with van der Waals surface area (Å²) in [5, 5.41) is 16.3. The normalized spacial score (nSPS) is 14.4. The van der Waals surface area contributed by atoms with E-state index >= 15 is 0 Å². The number of hydrogen-bond acceptors (Lipinski definition) is 7. The number of β-amino-alcohol motifs (C(OH)–C–C–N with tert-alkyl or cyclic N) is 1. The van der Waals surface area contributed by atoms with Crippen molar-refractivity contribution >= 4 is 28.4 Å². The van der Waals surface area contributed by atoms with Crippen molar-refractivity contribution in [2.24, 2.45) is 7.05 Å². The quantitative estimate of drug-likeness (QED) is 0.363. The van der Waals surface area contributed by atoms with Crippen LogP contribution in [0.15, 0.2) is 42.5 Å². The lowest BCUT2D eigenvalue weighted by molar-refractivity contribution is 0.102. The zero-order valence-corrected chi connectivity index (χ0v) is 20.2. The van der Waals surface area contributed by atoms with Crippen molar-refractivity contribution in [3.05, 3.63) is 53.8 Å². The minimum absolute atomic E-state index is 0.174. The number of nitrogens with one attached hydrogen (secondary N) is 2. The molecule has 0 saturated carbocycles. The zero-order valence-electron chi connectivity index (χ0n) is 20.2. The number of amides is 1. The van der Waals surface area contributed by atoms with Crippen molar-refractivity contribution in [1.29, 1.82) is 0 Å². The Morgan fingerprint density at radius 2 is 1.92 bits per heavy atom. The lowest BCUT2D eigenvalue weighted by Crippen LogP contribution is -2.47. The van der Waals surface area contributed by atoms with Crippen molar-refractivity contribution in [2.75, 3.05) is 56.7 Å². The van der Waals surface area contributed by atoms with Crippen LogP contribution in [0.1, 0.15) is 10.4 Å². The number of aromatic amines is 1. The number of aliphatic hydroxyl groups excluding tert-OH is 1. The molecule has 1 saturated heterocycles. The number of nitrogens with zero attached hydrogens (tertiary/aromatic N) is 5. The van der Waals surface area contributed by atoms with Gasteiger partial charge in [-0.2, -0.15) is 5.10 Å². The molecule has 3 N–H and O–H groups in total. The summed E-state index contributed by atoms with van der Waals surface area (Å²) in [5.74, 6) is 0.427. The maximum Gasteiger partial charge on any atom is 0.256 e. The summed E-state index contributed by atoms with van der Waals surface area (Å²) in [4.78, 5) is 24.8. The molecule has 10 nitrogen and oxygen atoms in total. The first-order valence-corrected chi connectivity index (χ1v) is 11.7. The molecule has 2 aromatic carbocycles. The molecule has 1 aliphatic rings. The molecule has 0 aliphatic carbocycles. The first-order valence-electron chi connectivity index (χ1n) is 11.7. The van der Waals surface area contributed by atoms with E-state index in [2.05, 4.69) is 30.2 Å². The van der Waals surface area contributed by atoms with Crippen LogP contribution in [-0.4, -0.2) is 82.1 Å². The first-order chi connectivity index (χ1) is 17.4. The summed E-state index contributed by atoms with van der Waals surface area (Å²) in [7, 11) is 3.20. The van der Waals surface area contributed by atoms with Crippen LogP contribution in [0, 0.1) is 5.82 Å². The van der Waals surface area contributed by atoms with Crippen molar-refractivity contribution in [3.63, 3.8) is 0 Å². The van der Waals surface area contributed by atoms with E-state index in [1.807, 2.05) is 12.1 Å². The standard InChI is InChI=1S/C25H28FN7O3/c1-31-21(24-27-20-14-18(36-2)13-19(26)23(20)29-24)15-22(30-31)28-25(35)16-3-5-17(6-4-16)33-9-7-32(8-10-33)11-12-34/h3-6,13-15,34H,7-12H2,1-2H3,(H,27,29)(H,28,30,35). The summed E-state index contributed by atoms with van der Waals surface area (Å²) in [5.41, 5.74) is 2.87. The molecule has 0 bridgehead atoms. The molecule has 0 radical (unpaired) electrons. The third-order valence-corrected chi connectivity index (χ3v) is 6.40. The van der Waals surface area contributed by atoms with Gasteiger partial charge in [-0.25, -0.2) is 9.37 Å². The lowest BCUT2D eigenvalue weighted by atomic mass is 10.1. The molecule has 188 valence electrons. The van der Waals surface area contributed by atoms with E-state index in [1.54, 1.807) is 36.0 Å². The van der Waals surface area contributed by atoms with Gasteiger partial charge in [0.15, 0.2) is 17.5 Å². The number of ether oxygens (including phenoxy) is 1. The Morgan fingerprint density at radius 3 is 2.61 bits per heavy atom. The number of carbonyl (C=O) groups excluding carboxylic acids is 1. The van der Waals surface area contributed by atoms with E-state index in [4.69, 9.17) is 9.84 Å². The SMILES string of the molecule is COc1cc(F)c2[nH]c(-c3cc(NC(=O)c4ccc(N5CCN(CCO)CC5)cc4)nn3C)nc2c1. The van der Waals surface area contributed by atoms with E-state index in [0.717, 1.165) is 31.9 Å². The fourth-order valence-corrected chi connectivity index (χ4v) is 4.42. The fourth-order valence-electron chi connectivity index (χ4n) is 4.42. The minimum atomic E-state index is -0.464. The molecule has 0 atom stereocenters. The van der Waals surface area contributed by atoms with Crippen LogP contribution in [0.3, 0.4) is 0 Å². The van der Waals surface area contributed by atoms with Gasteiger partial charge in [-0.05, 0) is 24.3 Å². The highest BCUT2D eigenvalue weighted by Crippen LogP contribution is 2.27. The van der Waals surface area contributed by atoms with Crippen LogP contribution in [0.5, 0.6) is 5.75 Å². The van der Waals surface area contributed by atoms with Gasteiger partial charge in [0.25, 0.3) is 5.91 Å². The van der Waals surface area contributed by atoms with Gasteiger partial charge < -0.3 is 25.0 Å². The molecule has 0 spiro atoms. The van der Waals surface area contributed by atoms with Gasteiger partial charge in [0.1, 0.15) is 17.0 Å².